The van der Waals surface area contributed by atoms with Crippen LogP contribution in [0.2, 0.25) is 5.02 Å². The van der Waals surface area contributed by atoms with E-state index in [4.69, 9.17) is 21.7 Å². The van der Waals surface area contributed by atoms with Gasteiger partial charge in [-0.1, -0.05) is 11.6 Å². The standard InChI is InChI=1S/C24H30ClN7O2S/c1-16-15-32-22(27-23(16)30-11-8-26-9-12-30)14-20(28-32)21-5-3-4-10-31(21)24(33)18-13-17(25)6-7-19(18)29-35(2)34/h6-7,13-15,21,26,29H,3-5,8-12H2,1-2H3/t21-,35?/m0/s1. The summed E-state index contributed by atoms with van der Waals surface area (Å²) >= 11 is 4.92. The molecule has 3 aromatic rings. The van der Waals surface area contributed by atoms with Crippen molar-refractivity contribution in [2.75, 3.05) is 48.6 Å². The molecule has 1 aromatic carbocycles. The molecule has 0 radical (unpaired) electrons. The van der Waals surface area contributed by atoms with Crippen molar-refractivity contribution in [1.82, 2.24) is 24.8 Å². The Labute approximate surface area is 213 Å². The first-order chi connectivity index (χ1) is 16.9. The van der Waals surface area contributed by atoms with Crippen LogP contribution in [-0.2, 0) is 11.4 Å². The highest BCUT2D eigenvalue weighted by molar-refractivity contribution is 7.92. The van der Waals surface area contributed by atoms with Gasteiger partial charge in [-0.05, 0) is 44.4 Å². The zero-order valence-electron chi connectivity index (χ0n) is 20.0. The molecule has 2 aromatic heterocycles. The number of fused-ring (bicyclic) bond motifs is 1. The lowest BCUT2D eigenvalue weighted by Crippen LogP contribution is -2.44. The third-order valence-corrected chi connectivity index (χ3v) is 7.35. The van der Waals surface area contributed by atoms with E-state index in [0.29, 0.717) is 22.8 Å². The second kappa shape index (κ2) is 10.2. The summed E-state index contributed by atoms with van der Waals surface area (Å²) in [6.07, 6.45) is 6.31. The van der Waals surface area contributed by atoms with Crippen LogP contribution >= 0.6 is 11.6 Å². The number of nitrogens with zero attached hydrogens (tertiary/aromatic N) is 5. The van der Waals surface area contributed by atoms with E-state index < -0.39 is 11.4 Å². The Balaban J connectivity index is 1.47. The first kappa shape index (κ1) is 24.2. The Morgan fingerprint density at radius 1 is 1.23 bits per heavy atom. The zero-order valence-corrected chi connectivity index (χ0v) is 21.5. The molecule has 2 aliphatic heterocycles. The minimum absolute atomic E-state index is 0.146. The maximum absolute atomic E-state index is 13.7. The molecule has 186 valence electrons. The number of aromatic nitrogens is 3. The number of hydrogen-bond donors (Lipinski definition) is 2. The summed E-state index contributed by atoms with van der Waals surface area (Å²) in [5, 5.41) is 8.68. The second-order valence-electron chi connectivity index (χ2n) is 9.11. The fourth-order valence-corrected chi connectivity index (χ4v) is 5.61. The average Bonchev–Trinajstić information content (AvgIpc) is 3.27. The third kappa shape index (κ3) is 5.06. The Hall–Kier alpha value is -2.53. The molecule has 2 fully saturated rings. The van der Waals surface area contributed by atoms with Gasteiger partial charge in [-0.15, -0.1) is 0 Å². The van der Waals surface area contributed by atoms with Gasteiger partial charge in [0.2, 0.25) is 0 Å². The van der Waals surface area contributed by atoms with E-state index in [0.717, 1.165) is 68.2 Å². The molecule has 4 heterocycles. The van der Waals surface area contributed by atoms with Gasteiger partial charge in [0.25, 0.3) is 5.91 Å². The lowest BCUT2D eigenvalue weighted by molar-refractivity contribution is 0.0607. The van der Waals surface area contributed by atoms with Crippen molar-refractivity contribution in [3.05, 3.63) is 52.3 Å². The van der Waals surface area contributed by atoms with E-state index >= 15 is 0 Å². The summed E-state index contributed by atoms with van der Waals surface area (Å²) < 4.78 is 16.5. The van der Waals surface area contributed by atoms with Crippen molar-refractivity contribution in [3.63, 3.8) is 0 Å². The summed E-state index contributed by atoms with van der Waals surface area (Å²) in [5.41, 5.74) is 3.62. The fourth-order valence-electron chi connectivity index (χ4n) is 4.95. The summed E-state index contributed by atoms with van der Waals surface area (Å²) in [7, 11) is 0. The molecule has 0 spiro atoms. The van der Waals surface area contributed by atoms with Gasteiger partial charge in [0, 0.05) is 55.6 Å². The van der Waals surface area contributed by atoms with Gasteiger partial charge in [0.1, 0.15) is 12.1 Å². The Kier molecular flexibility index (Phi) is 7.06. The molecule has 9 nitrogen and oxygen atoms in total. The van der Waals surface area contributed by atoms with Crippen molar-refractivity contribution in [1.29, 1.82) is 0 Å². The quantitative estimate of drug-likeness (QED) is 0.503. The number of carbonyl (C=O) groups excluding carboxylic acids is 1. The largest absolute Gasteiger partial charge is 0.593 e. The lowest BCUT2D eigenvalue weighted by atomic mass is 9.98. The van der Waals surface area contributed by atoms with Crippen LogP contribution in [-0.4, -0.2) is 68.9 Å². The van der Waals surface area contributed by atoms with Crippen molar-refractivity contribution in [2.45, 2.75) is 32.2 Å². The summed E-state index contributed by atoms with van der Waals surface area (Å²) in [6.45, 7) is 6.43. The first-order valence-corrected chi connectivity index (χ1v) is 13.9. The summed E-state index contributed by atoms with van der Waals surface area (Å²) in [5.74, 6) is 0.845. The van der Waals surface area contributed by atoms with Crippen LogP contribution in [0.4, 0.5) is 11.5 Å². The molecular weight excluding hydrogens is 486 g/mol. The highest BCUT2D eigenvalue weighted by Gasteiger charge is 2.32. The van der Waals surface area contributed by atoms with Crippen LogP contribution in [0.25, 0.3) is 5.65 Å². The number of halogens is 1. The highest BCUT2D eigenvalue weighted by atomic mass is 35.5. The molecular formula is C24H30ClN7O2S. The molecule has 2 atom stereocenters. The van der Waals surface area contributed by atoms with Crippen LogP contribution < -0.4 is 14.9 Å². The predicted molar refractivity (Wildman–Crippen MR) is 140 cm³/mol. The number of amides is 1. The van der Waals surface area contributed by atoms with Gasteiger partial charge in [0.15, 0.2) is 5.65 Å². The number of piperidine rings is 1. The van der Waals surface area contributed by atoms with Crippen LogP contribution in [0.15, 0.2) is 30.5 Å². The van der Waals surface area contributed by atoms with Crippen molar-refractivity contribution in [3.8, 4) is 0 Å². The first-order valence-electron chi connectivity index (χ1n) is 11.9. The number of benzene rings is 1. The van der Waals surface area contributed by atoms with E-state index in [-0.39, 0.29) is 11.9 Å². The average molecular weight is 516 g/mol. The second-order valence-corrected chi connectivity index (χ2v) is 10.7. The SMILES string of the molecule is Cc1cn2nc([C@@H]3CCCCN3C(=O)c3cc(Cl)ccc3N[S+](C)[O-])cc2nc1N1CCNCC1. The van der Waals surface area contributed by atoms with Crippen LogP contribution in [0, 0.1) is 6.92 Å². The number of likely N-dealkylation sites (tertiary alicyclic amines) is 1. The molecule has 1 amide bonds. The van der Waals surface area contributed by atoms with Crippen LogP contribution in [0.1, 0.15) is 46.9 Å². The number of piperazine rings is 1. The molecule has 0 bridgehead atoms. The Morgan fingerprint density at radius 2 is 2.03 bits per heavy atom. The number of aryl methyl sites for hydroxylation is 1. The van der Waals surface area contributed by atoms with E-state index in [1.807, 2.05) is 21.7 Å². The van der Waals surface area contributed by atoms with Gasteiger partial charge in [-0.2, -0.15) is 5.10 Å². The summed E-state index contributed by atoms with van der Waals surface area (Å²) in [6, 6.07) is 6.86. The number of rotatable bonds is 5. The molecule has 11 heteroatoms. The maximum Gasteiger partial charge on any atom is 0.256 e. The monoisotopic (exact) mass is 515 g/mol. The third-order valence-electron chi connectivity index (χ3n) is 6.61. The molecule has 0 saturated carbocycles. The van der Waals surface area contributed by atoms with Crippen molar-refractivity contribution < 1.29 is 9.35 Å². The van der Waals surface area contributed by atoms with Crippen molar-refractivity contribution in [2.24, 2.45) is 0 Å². The molecule has 2 N–H and O–H groups in total. The topological polar surface area (TPSA) is 101 Å². The smallest absolute Gasteiger partial charge is 0.256 e. The van der Waals surface area contributed by atoms with E-state index in [9.17, 15) is 9.35 Å². The highest BCUT2D eigenvalue weighted by Crippen LogP contribution is 2.34. The van der Waals surface area contributed by atoms with E-state index in [1.165, 1.54) is 6.26 Å². The fraction of sp³-hybridized carbons (Fsp3) is 0.458. The number of hydrogen-bond acceptors (Lipinski definition) is 7. The molecule has 0 aliphatic carbocycles. The van der Waals surface area contributed by atoms with Crippen molar-refractivity contribution >= 4 is 46.0 Å². The maximum atomic E-state index is 13.7. The molecule has 35 heavy (non-hydrogen) atoms. The van der Waals surface area contributed by atoms with Gasteiger partial charge in [-0.25, -0.2) is 14.2 Å². The number of nitrogens with one attached hydrogen (secondary N) is 2. The molecule has 1 unspecified atom stereocenters. The summed E-state index contributed by atoms with van der Waals surface area (Å²) in [4.78, 5) is 22.8. The molecule has 2 aliphatic rings. The van der Waals surface area contributed by atoms with Gasteiger partial charge >= 0.3 is 0 Å². The minimum atomic E-state index is -1.31. The van der Waals surface area contributed by atoms with Crippen LogP contribution in [0.5, 0.6) is 0 Å². The number of anilines is 2. The molecule has 5 rings (SSSR count). The van der Waals surface area contributed by atoms with Gasteiger partial charge in [-0.3, -0.25) is 4.79 Å². The van der Waals surface area contributed by atoms with Crippen LogP contribution in [0.3, 0.4) is 0 Å². The van der Waals surface area contributed by atoms with E-state index in [1.54, 1.807) is 18.2 Å². The minimum Gasteiger partial charge on any atom is -0.593 e. The Bertz CT molecular complexity index is 1230. The van der Waals surface area contributed by atoms with E-state index in [2.05, 4.69) is 21.9 Å². The lowest BCUT2D eigenvalue weighted by Gasteiger charge is -2.35. The Morgan fingerprint density at radius 3 is 2.80 bits per heavy atom. The van der Waals surface area contributed by atoms with Gasteiger partial charge in [0.05, 0.1) is 34.3 Å². The predicted octanol–water partition coefficient (Wildman–Crippen LogP) is 3.17. The molecule has 2 saturated heterocycles. The number of carbonyl (C=O) groups is 1. The normalized spacial score (nSPS) is 19.7. The zero-order chi connectivity index (χ0) is 24.5. The van der Waals surface area contributed by atoms with Gasteiger partial charge < -0.3 is 19.7 Å².